The molecule has 2 heteroatoms. The summed E-state index contributed by atoms with van der Waals surface area (Å²) in [6.07, 6.45) is 4.82. The predicted molar refractivity (Wildman–Crippen MR) is 65.0 cm³/mol. The van der Waals surface area contributed by atoms with E-state index in [1.54, 1.807) is 0 Å². The highest BCUT2D eigenvalue weighted by atomic mass is 16.7. The summed E-state index contributed by atoms with van der Waals surface area (Å²) in [6.45, 7) is -1.59. The molecule has 0 aliphatic rings. The summed E-state index contributed by atoms with van der Waals surface area (Å²) in [7, 11) is 0. The van der Waals surface area contributed by atoms with E-state index in [0.29, 0.717) is 12.8 Å². The Labute approximate surface area is 104 Å². The third kappa shape index (κ3) is 10.2. The molecule has 0 aromatic carbocycles. The third-order valence-corrected chi connectivity index (χ3v) is 2.11. The molecule has 0 heterocycles. The van der Waals surface area contributed by atoms with E-state index in [-0.39, 0.29) is 13.2 Å². The lowest BCUT2D eigenvalue weighted by Crippen LogP contribution is -2.29. The average molecular weight is 222 g/mol. The van der Waals surface area contributed by atoms with Gasteiger partial charge in [-0.25, -0.2) is 0 Å². The zero-order valence-electron chi connectivity index (χ0n) is 16.0. The largest absolute Gasteiger partial charge is 0.351 e. The lowest BCUT2D eigenvalue weighted by Gasteiger charge is -2.25. The van der Waals surface area contributed by atoms with Gasteiger partial charge in [0, 0.05) is 21.4 Å². The van der Waals surface area contributed by atoms with Crippen LogP contribution in [0.3, 0.4) is 0 Å². The summed E-state index contributed by atoms with van der Waals surface area (Å²) < 4.78 is 56.0. The van der Waals surface area contributed by atoms with Crippen molar-refractivity contribution in [2.75, 3.05) is 13.2 Å². The van der Waals surface area contributed by atoms with Crippen LogP contribution in [-0.2, 0) is 9.47 Å². The van der Waals surface area contributed by atoms with Gasteiger partial charge in [-0.05, 0) is 26.5 Å². The van der Waals surface area contributed by atoms with E-state index in [2.05, 4.69) is 0 Å². The summed E-state index contributed by atoms with van der Waals surface area (Å²) in [6, 6.07) is 0. The van der Waals surface area contributed by atoms with Crippen molar-refractivity contribution >= 4 is 0 Å². The maximum atomic E-state index is 7.58. The van der Waals surface area contributed by atoms with Crippen LogP contribution in [0.2, 0.25) is 0 Å². The van der Waals surface area contributed by atoms with Gasteiger partial charge in [-0.3, -0.25) is 0 Å². The Morgan fingerprint density at radius 2 is 1.33 bits per heavy atom. The molecule has 0 saturated carbocycles. The van der Waals surface area contributed by atoms with Gasteiger partial charge in [0.1, 0.15) is 0 Å². The van der Waals surface area contributed by atoms with Gasteiger partial charge in [-0.1, -0.05) is 39.5 Å². The summed E-state index contributed by atoms with van der Waals surface area (Å²) in [5.74, 6) is -2.53. The van der Waals surface area contributed by atoms with Crippen LogP contribution in [0.25, 0.3) is 0 Å². The first-order chi connectivity index (χ1) is 9.62. The van der Waals surface area contributed by atoms with Crippen LogP contribution in [0.5, 0.6) is 0 Å². The van der Waals surface area contributed by atoms with Crippen molar-refractivity contribution < 1.29 is 17.7 Å². The standard InChI is InChI=1S/C13H28O2/c1-5-7-9-11-14-13(3,4)15-12-10-8-6-2/h5-12H2,1-4H3/i3D3,4D3. The Morgan fingerprint density at radius 3 is 1.67 bits per heavy atom. The first-order valence-electron chi connectivity index (χ1n) is 8.90. The molecule has 0 spiro atoms. The molecule has 92 valence electrons. The average Bonchev–Trinajstić information content (AvgIpc) is 2.34. The lowest BCUT2D eigenvalue weighted by atomic mass is 10.2. The Morgan fingerprint density at radius 1 is 0.867 bits per heavy atom. The van der Waals surface area contributed by atoms with Gasteiger partial charge >= 0.3 is 0 Å². The van der Waals surface area contributed by atoms with Crippen molar-refractivity contribution in [3.8, 4) is 0 Å². The van der Waals surface area contributed by atoms with Gasteiger partial charge in [-0.15, -0.1) is 0 Å². The molecule has 0 atom stereocenters. The van der Waals surface area contributed by atoms with Gasteiger partial charge < -0.3 is 9.47 Å². The Hall–Kier alpha value is -0.0800. The molecule has 0 amide bonds. The zero-order chi connectivity index (χ0) is 16.6. The summed E-state index contributed by atoms with van der Waals surface area (Å²) in [5.41, 5.74) is 0. The molecule has 0 unspecified atom stereocenters. The van der Waals surface area contributed by atoms with Gasteiger partial charge in [0.2, 0.25) is 0 Å². The molecular weight excluding hydrogens is 188 g/mol. The summed E-state index contributed by atoms with van der Waals surface area (Å²) in [4.78, 5) is 0. The van der Waals surface area contributed by atoms with E-state index in [4.69, 9.17) is 17.7 Å². The molecular formula is C13H28O2. The van der Waals surface area contributed by atoms with E-state index in [0.717, 1.165) is 25.7 Å². The minimum absolute atomic E-state index is 0.0679. The van der Waals surface area contributed by atoms with Crippen molar-refractivity contribution in [2.24, 2.45) is 0 Å². The lowest BCUT2D eigenvalue weighted by molar-refractivity contribution is -0.214. The molecule has 0 fully saturated rings. The van der Waals surface area contributed by atoms with Crippen LogP contribution in [0.1, 0.15) is 74.3 Å². The van der Waals surface area contributed by atoms with E-state index < -0.39 is 19.5 Å². The van der Waals surface area contributed by atoms with E-state index >= 15 is 0 Å². The Kier molecular flexibility index (Phi) is 4.45. The fourth-order valence-corrected chi connectivity index (χ4v) is 1.18. The topological polar surface area (TPSA) is 18.5 Å². The van der Waals surface area contributed by atoms with Crippen LogP contribution >= 0.6 is 0 Å². The van der Waals surface area contributed by atoms with Crippen molar-refractivity contribution in [3.63, 3.8) is 0 Å². The summed E-state index contributed by atoms with van der Waals surface area (Å²) in [5, 5.41) is 0. The highest BCUT2D eigenvalue weighted by molar-refractivity contribution is 4.54. The fraction of sp³-hybridized carbons (Fsp3) is 1.00. The monoisotopic (exact) mass is 222 g/mol. The van der Waals surface area contributed by atoms with Gasteiger partial charge in [0.05, 0.1) is 0 Å². The molecule has 0 aliphatic carbocycles. The molecule has 2 nitrogen and oxygen atoms in total. The second-order valence-electron chi connectivity index (χ2n) is 3.73. The molecule has 0 radical (unpaired) electrons. The van der Waals surface area contributed by atoms with Crippen molar-refractivity contribution in [3.05, 3.63) is 0 Å². The van der Waals surface area contributed by atoms with Crippen LogP contribution in [-0.4, -0.2) is 19.0 Å². The van der Waals surface area contributed by atoms with Crippen molar-refractivity contribution in [1.29, 1.82) is 0 Å². The van der Waals surface area contributed by atoms with E-state index in [1.807, 2.05) is 13.8 Å². The molecule has 0 saturated heterocycles. The van der Waals surface area contributed by atoms with Gasteiger partial charge in [0.15, 0.2) is 5.79 Å². The van der Waals surface area contributed by atoms with E-state index in [1.165, 1.54) is 0 Å². The Balaban J connectivity index is 4.98. The Bertz CT molecular complexity index is 247. The van der Waals surface area contributed by atoms with Crippen LogP contribution < -0.4 is 0 Å². The highest BCUT2D eigenvalue weighted by Crippen LogP contribution is 2.13. The van der Waals surface area contributed by atoms with Crippen LogP contribution in [0.15, 0.2) is 0 Å². The second kappa shape index (κ2) is 9.17. The fourth-order valence-electron chi connectivity index (χ4n) is 1.18. The number of hydrogen-bond donors (Lipinski definition) is 0. The first-order valence-corrected chi connectivity index (χ1v) is 5.90. The molecule has 0 bridgehead atoms. The molecule has 0 aliphatic heterocycles. The molecule has 0 N–H and O–H groups in total. The minimum atomic E-state index is -2.86. The number of unbranched alkanes of at least 4 members (excludes halogenated alkanes) is 4. The van der Waals surface area contributed by atoms with Crippen molar-refractivity contribution in [1.82, 2.24) is 0 Å². The molecule has 0 aromatic rings. The zero-order valence-corrected chi connectivity index (χ0v) is 9.97. The number of ether oxygens (including phenoxy) is 2. The third-order valence-electron chi connectivity index (χ3n) is 2.11. The minimum Gasteiger partial charge on any atom is -0.351 e. The predicted octanol–water partition coefficient (Wildman–Crippen LogP) is 4.14. The SMILES string of the molecule is [2H]C([2H])([2H])C(OCCCCC)(OCCCCC)C([2H])([2H])[2H]. The highest BCUT2D eigenvalue weighted by Gasteiger charge is 2.17. The maximum Gasteiger partial charge on any atom is 0.162 e. The van der Waals surface area contributed by atoms with E-state index in [9.17, 15) is 0 Å². The quantitative estimate of drug-likeness (QED) is 0.408. The van der Waals surface area contributed by atoms with Gasteiger partial charge in [-0.2, -0.15) is 0 Å². The smallest absolute Gasteiger partial charge is 0.162 e. The van der Waals surface area contributed by atoms with Gasteiger partial charge in [0.25, 0.3) is 0 Å². The molecule has 15 heavy (non-hydrogen) atoms. The first kappa shape index (κ1) is 7.29. The molecule has 0 rings (SSSR count). The number of rotatable bonds is 10. The molecule has 0 aromatic heterocycles. The summed E-state index contributed by atoms with van der Waals surface area (Å²) >= 11 is 0. The van der Waals surface area contributed by atoms with Crippen LogP contribution in [0.4, 0.5) is 0 Å². The second-order valence-corrected chi connectivity index (χ2v) is 3.73. The van der Waals surface area contributed by atoms with Crippen LogP contribution in [0, 0.1) is 0 Å². The maximum absolute atomic E-state index is 7.58. The number of hydrogen-bond acceptors (Lipinski definition) is 2. The normalized spacial score (nSPS) is 19.6. The van der Waals surface area contributed by atoms with Crippen molar-refractivity contribution in [2.45, 2.75) is 71.9 Å².